The van der Waals surface area contributed by atoms with E-state index in [2.05, 4.69) is 10.6 Å². The molecule has 4 rings (SSSR count). The number of piperidine rings is 1. The molecule has 1 saturated heterocycles. The normalized spacial score (nSPS) is 16.4. The molecule has 5 nitrogen and oxygen atoms in total. The van der Waals surface area contributed by atoms with Gasteiger partial charge in [-0.2, -0.15) is 0 Å². The van der Waals surface area contributed by atoms with Gasteiger partial charge in [-0.25, -0.2) is 0 Å². The Labute approximate surface area is 180 Å². The number of fused-ring (bicyclic) bond motifs is 1. The molecule has 154 valence electrons. The third kappa shape index (κ3) is 4.38. The van der Waals surface area contributed by atoms with Crippen molar-refractivity contribution in [1.82, 2.24) is 9.13 Å². The molecule has 0 spiro atoms. The molecule has 2 aromatic carbocycles. The Morgan fingerprint density at radius 1 is 0.966 bits per heavy atom. The molecule has 0 bridgehead atoms. The van der Waals surface area contributed by atoms with E-state index in [4.69, 9.17) is 28.6 Å². The molecule has 29 heavy (non-hydrogen) atoms. The minimum absolute atomic E-state index is 0.293. The number of imidazole rings is 1. The Hall–Kier alpha value is -1.79. The zero-order valence-electron chi connectivity index (χ0n) is 16.4. The number of benzene rings is 2. The molecule has 3 aromatic rings. The van der Waals surface area contributed by atoms with Gasteiger partial charge in [-0.1, -0.05) is 41.4 Å². The lowest BCUT2D eigenvalue weighted by molar-refractivity contribution is -0.905. The summed E-state index contributed by atoms with van der Waals surface area (Å²) in [6.07, 6.45) is 3.16. The third-order valence-corrected chi connectivity index (χ3v) is 6.65. The van der Waals surface area contributed by atoms with Crippen LogP contribution in [0.5, 0.6) is 0 Å². The van der Waals surface area contributed by atoms with E-state index in [1.54, 1.807) is 23.1 Å². The summed E-state index contributed by atoms with van der Waals surface area (Å²) in [5.74, 6) is 0. The zero-order chi connectivity index (χ0) is 20.4. The molecule has 7 heteroatoms. The molecule has 1 fully saturated rings. The number of para-hydroxylation sites is 2. The van der Waals surface area contributed by atoms with Crippen molar-refractivity contribution in [3.63, 3.8) is 0 Å². The number of hydrogen-bond acceptors (Lipinski definition) is 2. The maximum atomic E-state index is 10.8. The van der Waals surface area contributed by atoms with Crippen molar-refractivity contribution in [2.24, 2.45) is 0 Å². The van der Waals surface area contributed by atoms with Gasteiger partial charge in [0.1, 0.15) is 0 Å². The summed E-state index contributed by atoms with van der Waals surface area (Å²) in [6.45, 7) is 4.58. The Bertz CT molecular complexity index is 1050. The van der Waals surface area contributed by atoms with E-state index < -0.39 is 6.10 Å². The Kier molecular flexibility index (Phi) is 6.30. The summed E-state index contributed by atoms with van der Waals surface area (Å²) in [5.41, 5.74) is 3.11. The van der Waals surface area contributed by atoms with Crippen LogP contribution in [0.4, 0.5) is 0 Å². The second-order valence-electron chi connectivity index (χ2n) is 7.82. The summed E-state index contributed by atoms with van der Waals surface area (Å²) in [6, 6.07) is 13.2. The van der Waals surface area contributed by atoms with Crippen molar-refractivity contribution < 1.29 is 10.0 Å². The van der Waals surface area contributed by atoms with Gasteiger partial charge in [-0.3, -0.25) is 5.41 Å². The average molecular weight is 434 g/mol. The van der Waals surface area contributed by atoms with Gasteiger partial charge in [0, 0.05) is 0 Å². The summed E-state index contributed by atoms with van der Waals surface area (Å²) in [7, 11) is 0. The van der Waals surface area contributed by atoms with Crippen molar-refractivity contribution >= 4 is 34.2 Å². The van der Waals surface area contributed by atoms with Crippen LogP contribution >= 0.6 is 23.2 Å². The van der Waals surface area contributed by atoms with Crippen LogP contribution in [0.3, 0.4) is 0 Å². The molecular formula is C22H27Cl2N4O+. The highest BCUT2D eigenvalue weighted by atomic mass is 35.5. The minimum Gasteiger partial charge on any atom is -0.387 e. The largest absolute Gasteiger partial charge is 0.387 e. The lowest BCUT2D eigenvalue weighted by atomic mass is 10.1. The first-order chi connectivity index (χ1) is 14.0. The molecular weight excluding hydrogens is 407 g/mol. The maximum Gasteiger partial charge on any atom is 0.203 e. The third-order valence-electron chi connectivity index (χ3n) is 5.91. The standard InChI is InChI=1S/C22H26Cl2N4O/c23-17-9-8-16(14-18(17)24)21(29)15-28-20-7-3-2-6-19(20)27(22(28)25)13-12-26-10-4-1-5-11-26/h2-3,6-9,14,21,25,29H,1,4-5,10-13,15H2/p+1. The maximum absolute atomic E-state index is 10.8. The van der Waals surface area contributed by atoms with Crippen LogP contribution < -0.4 is 10.5 Å². The number of rotatable bonds is 6. The lowest BCUT2D eigenvalue weighted by Gasteiger charge is -2.23. The second-order valence-corrected chi connectivity index (χ2v) is 8.64. The van der Waals surface area contributed by atoms with Crippen molar-refractivity contribution in [1.29, 1.82) is 5.41 Å². The molecule has 2 heterocycles. The molecule has 1 aliphatic heterocycles. The van der Waals surface area contributed by atoms with E-state index in [1.165, 1.54) is 32.4 Å². The van der Waals surface area contributed by atoms with Crippen molar-refractivity contribution in [3.05, 3.63) is 63.7 Å². The summed E-state index contributed by atoms with van der Waals surface area (Å²) in [5, 5.41) is 20.5. The number of nitrogens with zero attached hydrogens (tertiary/aromatic N) is 2. The van der Waals surface area contributed by atoms with E-state index in [0.29, 0.717) is 27.8 Å². The average Bonchev–Trinajstić information content (AvgIpc) is 3.00. The number of nitrogens with one attached hydrogen (secondary N) is 2. The summed E-state index contributed by atoms with van der Waals surface area (Å²) in [4.78, 5) is 1.62. The van der Waals surface area contributed by atoms with Crippen LogP contribution in [0.1, 0.15) is 30.9 Å². The Morgan fingerprint density at radius 2 is 1.66 bits per heavy atom. The predicted molar refractivity (Wildman–Crippen MR) is 117 cm³/mol. The van der Waals surface area contributed by atoms with Crippen LogP contribution in [-0.4, -0.2) is 33.9 Å². The van der Waals surface area contributed by atoms with Crippen molar-refractivity contribution in [3.8, 4) is 0 Å². The first kappa shape index (κ1) is 20.5. The highest BCUT2D eigenvalue weighted by Crippen LogP contribution is 2.26. The molecule has 0 aliphatic carbocycles. The van der Waals surface area contributed by atoms with Gasteiger partial charge in [-0.05, 0) is 49.1 Å². The number of likely N-dealkylation sites (tertiary alicyclic amines) is 1. The second kappa shape index (κ2) is 8.92. The highest BCUT2D eigenvalue weighted by molar-refractivity contribution is 6.42. The molecule has 1 unspecified atom stereocenters. The highest BCUT2D eigenvalue weighted by Gasteiger charge is 2.18. The number of aromatic nitrogens is 2. The van der Waals surface area contributed by atoms with E-state index in [1.807, 2.05) is 22.8 Å². The monoisotopic (exact) mass is 433 g/mol. The fraction of sp³-hybridized carbons (Fsp3) is 0.409. The smallest absolute Gasteiger partial charge is 0.203 e. The lowest BCUT2D eigenvalue weighted by Crippen LogP contribution is -3.13. The van der Waals surface area contributed by atoms with Gasteiger partial charge >= 0.3 is 0 Å². The molecule has 0 amide bonds. The van der Waals surface area contributed by atoms with Crippen LogP contribution in [0, 0.1) is 5.41 Å². The minimum atomic E-state index is -0.772. The number of hydrogen-bond donors (Lipinski definition) is 3. The fourth-order valence-corrected chi connectivity index (χ4v) is 4.58. The van der Waals surface area contributed by atoms with Crippen molar-refractivity contribution in [2.75, 3.05) is 19.6 Å². The van der Waals surface area contributed by atoms with Gasteiger partial charge in [0.25, 0.3) is 0 Å². The van der Waals surface area contributed by atoms with E-state index in [0.717, 1.165) is 24.1 Å². The van der Waals surface area contributed by atoms with Gasteiger partial charge in [0.2, 0.25) is 5.62 Å². The number of quaternary nitrogens is 1. The zero-order valence-corrected chi connectivity index (χ0v) is 17.9. The first-order valence-electron chi connectivity index (χ1n) is 10.2. The van der Waals surface area contributed by atoms with Gasteiger partial charge in [0.05, 0.1) is 59.9 Å². The Balaban J connectivity index is 1.61. The molecule has 1 atom stereocenters. The molecule has 0 saturated carbocycles. The van der Waals surface area contributed by atoms with E-state index >= 15 is 0 Å². The fourth-order valence-electron chi connectivity index (χ4n) is 4.28. The molecule has 3 N–H and O–H groups in total. The van der Waals surface area contributed by atoms with Gasteiger partial charge in [0.15, 0.2) is 0 Å². The van der Waals surface area contributed by atoms with Crippen LogP contribution in [0.25, 0.3) is 11.0 Å². The van der Waals surface area contributed by atoms with Crippen molar-refractivity contribution in [2.45, 2.75) is 38.5 Å². The molecule has 0 radical (unpaired) electrons. The van der Waals surface area contributed by atoms with Gasteiger partial charge in [-0.15, -0.1) is 0 Å². The predicted octanol–water partition coefficient (Wildman–Crippen LogP) is 3.03. The van der Waals surface area contributed by atoms with Crippen LogP contribution in [0.2, 0.25) is 10.0 Å². The first-order valence-corrected chi connectivity index (χ1v) is 11.0. The molecule has 1 aliphatic rings. The SMILES string of the molecule is N=c1n(CC[NH+]2CCCCC2)c2ccccc2n1CC(O)c1ccc(Cl)c(Cl)c1. The van der Waals surface area contributed by atoms with Crippen LogP contribution in [0.15, 0.2) is 42.5 Å². The quantitative estimate of drug-likeness (QED) is 0.549. The van der Waals surface area contributed by atoms with Crippen LogP contribution in [-0.2, 0) is 13.1 Å². The van der Waals surface area contributed by atoms with E-state index in [-0.39, 0.29) is 0 Å². The Morgan fingerprint density at radius 3 is 2.34 bits per heavy atom. The summed E-state index contributed by atoms with van der Waals surface area (Å²) >= 11 is 12.1. The number of aliphatic hydroxyl groups is 1. The topological polar surface area (TPSA) is 58.4 Å². The summed E-state index contributed by atoms with van der Waals surface area (Å²) < 4.78 is 3.95. The number of aliphatic hydroxyl groups excluding tert-OH is 1. The van der Waals surface area contributed by atoms with Gasteiger partial charge < -0.3 is 19.1 Å². The molecule has 1 aromatic heterocycles. The van der Waals surface area contributed by atoms with E-state index in [9.17, 15) is 5.11 Å². The number of halogens is 2.